The van der Waals surface area contributed by atoms with Crippen LogP contribution in [0.3, 0.4) is 0 Å². The van der Waals surface area contributed by atoms with Gasteiger partial charge in [-0.05, 0) is 13.0 Å². The Morgan fingerprint density at radius 3 is 2.38 bits per heavy atom. The summed E-state index contributed by atoms with van der Waals surface area (Å²) in [5, 5.41) is 7.64. The molecule has 0 radical (unpaired) electrons. The van der Waals surface area contributed by atoms with Crippen molar-refractivity contribution < 1.29 is 19.1 Å². The third-order valence-corrected chi connectivity index (χ3v) is 3.91. The molecule has 0 aromatic heterocycles. The van der Waals surface area contributed by atoms with Crippen molar-refractivity contribution in [2.24, 2.45) is 5.10 Å². The van der Waals surface area contributed by atoms with Crippen LogP contribution in [0.1, 0.15) is 12.5 Å². The molecule has 0 amide bonds. The van der Waals surface area contributed by atoms with E-state index >= 15 is 0 Å². The number of methoxy groups -OCH3 is 2. The number of hydrogen-bond acceptors (Lipinski definition) is 7. The fourth-order valence-electron chi connectivity index (χ4n) is 2.73. The van der Waals surface area contributed by atoms with Crippen molar-refractivity contribution in [2.45, 2.75) is 13.0 Å². The summed E-state index contributed by atoms with van der Waals surface area (Å²) in [6.45, 7) is 1.78. The van der Waals surface area contributed by atoms with Crippen LogP contribution >= 0.6 is 0 Å². The standard InChI is InChI=1S/C17H17N3O4/c1-11-14(16(21)23-2)15(17(22)24-3)19-10-9-13(18-20(11)19)12-7-5-4-6-8-12/h4-11H,1-3H3. The highest BCUT2D eigenvalue weighted by Crippen LogP contribution is 2.33. The molecule has 0 saturated heterocycles. The van der Waals surface area contributed by atoms with Crippen molar-refractivity contribution in [1.29, 1.82) is 0 Å². The summed E-state index contributed by atoms with van der Waals surface area (Å²) >= 11 is 0. The molecule has 0 N–H and O–H groups in total. The van der Waals surface area contributed by atoms with Gasteiger partial charge in [-0.1, -0.05) is 30.3 Å². The van der Waals surface area contributed by atoms with Gasteiger partial charge < -0.3 is 9.47 Å². The topological polar surface area (TPSA) is 71.4 Å². The average molecular weight is 327 g/mol. The highest BCUT2D eigenvalue weighted by molar-refractivity contribution is 6.09. The summed E-state index contributed by atoms with van der Waals surface area (Å²) in [5.41, 5.74) is 2.00. The average Bonchev–Trinajstić information content (AvgIpc) is 2.93. The molecule has 1 aromatic carbocycles. The summed E-state index contributed by atoms with van der Waals surface area (Å²) in [4.78, 5) is 24.3. The molecular weight excluding hydrogens is 310 g/mol. The second-order valence-corrected chi connectivity index (χ2v) is 5.25. The molecule has 1 unspecified atom stereocenters. The number of carbonyl (C=O) groups is 2. The number of esters is 2. The van der Waals surface area contributed by atoms with Crippen LogP contribution in [0.25, 0.3) is 0 Å². The number of carbonyl (C=O) groups excluding carboxylic acids is 2. The van der Waals surface area contributed by atoms with Gasteiger partial charge in [-0.25, -0.2) is 14.6 Å². The molecule has 2 aliphatic rings. The summed E-state index contributed by atoms with van der Waals surface area (Å²) in [6, 6.07) is 9.18. The van der Waals surface area contributed by atoms with Gasteiger partial charge >= 0.3 is 11.9 Å². The van der Waals surface area contributed by atoms with Crippen molar-refractivity contribution in [3.8, 4) is 0 Å². The third-order valence-electron chi connectivity index (χ3n) is 3.91. The van der Waals surface area contributed by atoms with Gasteiger partial charge in [0, 0.05) is 11.8 Å². The Morgan fingerprint density at radius 2 is 1.75 bits per heavy atom. The molecule has 24 heavy (non-hydrogen) atoms. The molecular formula is C17H17N3O4. The van der Waals surface area contributed by atoms with Crippen molar-refractivity contribution in [2.75, 3.05) is 14.2 Å². The molecule has 0 bridgehead atoms. The molecule has 0 aliphatic carbocycles. The molecule has 3 rings (SSSR count). The molecule has 2 heterocycles. The highest BCUT2D eigenvalue weighted by Gasteiger charge is 2.44. The van der Waals surface area contributed by atoms with Gasteiger partial charge in [0.25, 0.3) is 0 Å². The zero-order valence-corrected chi connectivity index (χ0v) is 13.6. The molecule has 0 spiro atoms. The van der Waals surface area contributed by atoms with E-state index in [4.69, 9.17) is 9.47 Å². The van der Waals surface area contributed by atoms with Gasteiger partial charge in [0.15, 0.2) is 5.70 Å². The molecule has 124 valence electrons. The van der Waals surface area contributed by atoms with E-state index in [1.807, 2.05) is 30.3 Å². The summed E-state index contributed by atoms with van der Waals surface area (Å²) in [5.74, 6) is -1.20. The monoisotopic (exact) mass is 327 g/mol. The Kier molecular flexibility index (Phi) is 4.07. The normalized spacial score (nSPS) is 19.1. The van der Waals surface area contributed by atoms with Crippen LogP contribution in [0.2, 0.25) is 0 Å². The smallest absolute Gasteiger partial charge is 0.357 e. The second-order valence-electron chi connectivity index (χ2n) is 5.25. The predicted molar refractivity (Wildman–Crippen MR) is 86.3 cm³/mol. The quantitative estimate of drug-likeness (QED) is 0.782. The fraction of sp³-hybridized carbons (Fsp3) is 0.235. The van der Waals surface area contributed by atoms with Gasteiger partial charge in [-0.2, -0.15) is 10.2 Å². The largest absolute Gasteiger partial charge is 0.466 e. The maximum absolute atomic E-state index is 12.2. The SMILES string of the molecule is COC(=O)C1=C(C(=O)OC)N2C=CC(c3ccccc3)=NN2C1C. The van der Waals surface area contributed by atoms with Crippen LogP contribution in [0, 0.1) is 0 Å². The maximum Gasteiger partial charge on any atom is 0.357 e. The first kappa shape index (κ1) is 15.8. The van der Waals surface area contributed by atoms with E-state index in [0.717, 1.165) is 11.3 Å². The number of fused-ring (bicyclic) bond motifs is 1. The van der Waals surface area contributed by atoms with Crippen molar-refractivity contribution in [3.05, 3.63) is 59.4 Å². The van der Waals surface area contributed by atoms with Crippen molar-refractivity contribution >= 4 is 17.7 Å². The Bertz CT molecular complexity index is 767. The van der Waals surface area contributed by atoms with Crippen molar-refractivity contribution in [1.82, 2.24) is 10.1 Å². The first-order valence-electron chi connectivity index (χ1n) is 7.40. The van der Waals surface area contributed by atoms with Gasteiger partial charge in [0.05, 0.1) is 25.5 Å². The second kappa shape index (κ2) is 6.19. The van der Waals surface area contributed by atoms with Crippen LogP contribution in [0.4, 0.5) is 0 Å². The summed E-state index contributed by atoms with van der Waals surface area (Å²) in [6.07, 6.45) is 3.47. The summed E-state index contributed by atoms with van der Waals surface area (Å²) in [7, 11) is 2.54. The number of hydrazine groups is 1. The first-order chi connectivity index (χ1) is 11.6. The first-order valence-corrected chi connectivity index (χ1v) is 7.40. The summed E-state index contributed by atoms with van der Waals surface area (Å²) < 4.78 is 9.63. The Morgan fingerprint density at radius 1 is 1.08 bits per heavy atom. The van der Waals surface area contributed by atoms with Crippen molar-refractivity contribution in [3.63, 3.8) is 0 Å². The zero-order chi connectivity index (χ0) is 17.3. The Balaban J connectivity index is 2.03. The van der Waals surface area contributed by atoms with E-state index in [2.05, 4.69) is 5.10 Å². The van der Waals surface area contributed by atoms with Gasteiger partial charge in [0.1, 0.15) is 6.04 Å². The van der Waals surface area contributed by atoms with Crippen LogP contribution in [0.5, 0.6) is 0 Å². The molecule has 0 fully saturated rings. The van der Waals surface area contributed by atoms with E-state index in [9.17, 15) is 9.59 Å². The Labute approximate surface area is 139 Å². The molecule has 2 aliphatic heterocycles. The number of nitrogens with zero attached hydrogens (tertiary/aromatic N) is 3. The van der Waals surface area contributed by atoms with E-state index in [1.54, 1.807) is 24.3 Å². The molecule has 1 atom stereocenters. The minimum Gasteiger partial charge on any atom is -0.466 e. The maximum atomic E-state index is 12.2. The number of hydrazone groups is 1. The lowest BCUT2D eigenvalue weighted by Gasteiger charge is -2.31. The van der Waals surface area contributed by atoms with Gasteiger partial charge in [-0.3, -0.25) is 0 Å². The minimum absolute atomic E-state index is 0.115. The number of rotatable bonds is 3. The predicted octanol–water partition coefficient (Wildman–Crippen LogP) is 1.44. The molecule has 1 aromatic rings. The number of hydrogen-bond donors (Lipinski definition) is 0. The molecule has 7 heteroatoms. The van der Waals surface area contributed by atoms with E-state index in [-0.39, 0.29) is 11.3 Å². The number of allylic oxidation sites excluding steroid dienone is 1. The minimum atomic E-state index is -0.618. The third kappa shape index (κ3) is 2.44. The number of benzene rings is 1. The van der Waals surface area contributed by atoms with E-state index in [0.29, 0.717) is 0 Å². The van der Waals surface area contributed by atoms with Gasteiger partial charge in [-0.15, -0.1) is 0 Å². The fourth-order valence-corrected chi connectivity index (χ4v) is 2.73. The van der Waals surface area contributed by atoms with Crippen LogP contribution < -0.4 is 0 Å². The lowest BCUT2D eigenvalue weighted by atomic mass is 10.1. The molecule has 0 saturated carbocycles. The molecule has 7 nitrogen and oxygen atoms in total. The van der Waals surface area contributed by atoms with Crippen LogP contribution in [-0.4, -0.2) is 48.0 Å². The lowest BCUT2D eigenvalue weighted by Crippen LogP contribution is -2.38. The lowest BCUT2D eigenvalue weighted by molar-refractivity contribution is -0.140. The van der Waals surface area contributed by atoms with E-state index < -0.39 is 18.0 Å². The zero-order valence-electron chi connectivity index (χ0n) is 13.6. The highest BCUT2D eigenvalue weighted by atomic mass is 16.5. The Hall–Kier alpha value is -3.09. The van der Waals surface area contributed by atoms with Gasteiger partial charge in [0.2, 0.25) is 0 Å². The van der Waals surface area contributed by atoms with Crippen LogP contribution in [0.15, 0.2) is 59.0 Å². The van der Waals surface area contributed by atoms with Crippen LogP contribution in [-0.2, 0) is 19.1 Å². The number of ether oxygens (including phenoxy) is 2. The van der Waals surface area contributed by atoms with E-state index in [1.165, 1.54) is 19.2 Å².